The van der Waals surface area contributed by atoms with Crippen LogP contribution in [0.2, 0.25) is 0 Å². The van der Waals surface area contributed by atoms with Gasteiger partial charge in [-0.2, -0.15) is 0 Å². The van der Waals surface area contributed by atoms with Crippen molar-refractivity contribution in [3.8, 4) is 5.75 Å². The maximum atomic E-state index is 13.7. The van der Waals surface area contributed by atoms with E-state index in [1.807, 2.05) is 48.5 Å². The van der Waals surface area contributed by atoms with Gasteiger partial charge in [-0.1, -0.05) is 54.6 Å². The first-order valence-corrected chi connectivity index (χ1v) is 10.3. The first-order valence-electron chi connectivity index (χ1n) is 9.97. The van der Waals surface area contributed by atoms with Gasteiger partial charge in [-0.15, -0.1) is 11.6 Å². The fourth-order valence-electron chi connectivity index (χ4n) is 5.68. The van der Waals surface area contributed by atoms with Gasteiger partial charge >= 0.3 is 0 Å². The van der Waals surface area contributed by atoms with Gasteiger partial charge in [0.2, 0.25) is 11.8 Å². The summed E-state index contributed by atoms with van der Waals surface area (Å²) in [5.74, 6) is -1.20. The van der Waals surface area contributed by atoms with Crippen LogP contribution in [0.1, 0.15) is 28.2 Å². The van der Waals surface area contributed by atoms with E-state index in [4.69, 9.17) is 16.3 Å². The number of carbonyl (C=O) groups excluding carboxylic acids is 2. The van der Waals surface area contributed by atoms with E-state index in [1.54, 1.807) is 31.4 Å². The topological polar surface area (TPSA) is 46.6 Å². The molecule has 4 aliphatic rings. The standard InChI is InChI=1S/C25H18ClNO3/c1-30-15-8-6-7-14(13-15)27-23(28)21-20-16-9-2-4-11-18(16)25(26,22(21)24(27)29)19-12-5-3-10-17(19)20/h2-13,20-22H,1H3. The molecule has 7 rings (SSSR count). The summed E-state index contributed by atoms with van der Waals surface area (Å²) >= 11 is 7.41. The highest BCUT2D eigenvalue weighted by molar-refractivity contribution is 6.33. The Labute approximate surface area is 179 Å². The van der Waals surface area contributed by atoms with E-state index in [-0.39, 0.29) is 17.7 Å². The molecular weight excluding hydrogens is 398 g/mol. The molecule has 1 saturated heterocycles. The summed E-state index contributed by atoms with van der Waals surface area (Å²) in [6, 6.07) is 23.0. The van der Waals surface area contributed by atoms with Gasteiger partial charge in [-0.3, -0.25) is 9.59 Å². The van der Waals surface area contributed by atoms with E-state index in [2.05, 4.69) is 0 Å². The molecule has 0 radical (unpaired) electrons. The van der Waals surface area contributed by atoms with Crippen LogP contribution in [0.15, 0.2) is 72.8 Å². The fraction of sp³-hybridized carbons (Fsp3) is 0.200. The van der Waals surface area contributed by atoms with Crippen LogP contribution >= 0.6 is 11.6 Å². The van der Waals surface area contributed by atoms with Crippen LogP contribution in [-0.2, 0) is 14.5 Å². The lowest BCUT2D eigenvalue weighted by Crippen LogP contribution is -2.50. The molecule has 5 heteroatoms. The number of imide groups is 1. The smallest absolute Gasteiger partial charge is 0.240 e. The largest absolute Gasteiger partial charge is 0.497 e. The number of hydrogen-bond donors (Lipinski definition) is 0. The molecule has 0 saturated carbocycles. The molecule has 1 fully saturated rings. The van der Waals surface area contributed by atoms with Crippen molar-refractivity contribution in [2.24, 2.45) is 11.8 Å². The highest BCUT2D eigenvalue weighted by Crippen LogP contribution is 2.65. The number of anilines is 1. The Morgan fingerprint density at radius 1 is 0.867 bits per heavy atom. The van der Waals surface area contributed by atoms with Crippen LogP contribution in [-0.4, -0.2) is 18.9 Å². The third kappa shape index (κ3) is 1.97. The van der Waals surface area contributed by atoms with E-state index < -0.39 is 16.7 Å². The number of benzene rings is 3. The van der Waals surface area contributed by atoms with Gasteiger partial charge in [-0.25, -0.2) is 4.90 Å². The predicted molar refractivity (Wildman–Crippen MR) is 114 cm³/mol. The Balaban J connectivity index is 1.60. The minimum atomic E-state index is -1.06. The summed E-state index contributed by atoms with van der Waals surface area (Å²) in [6.07, 6.45) is 0. The zero-order chi connectivity index (χ0) is 20.6. The number of rotatable bonds is 2. The third-order valence-corrected chi connectivity index (χ3v) is 7.47. The molecule has 1 aliphatic heterocycles. The monoisotopic (exact) mass is 415 g/mol. The number of nitrogens with zero attached hydrogens (tertiary/aromatic N) is 1. The molecule has 4 nitrogen and oxygen atoms in total. The van der Waals surface area contributed by atoms with Crippen LogP contribution in [0, 0.1) is 11.8 Å². The molecule has 2 bridgehead atoms. The maximum Gasteiger partial charge on any atom is 0.240 e. The lowest BCUT2D eigenvalue weighted by atomic mass is 9.54. The van der Waals surface area contributed by atoms with Crippen LogP contribution in [0.4, 0.5) is 5.69 Å². The Kier molecular flexibility index (Phi) is 3.52. The lowest BCUT2D eigenvalue weighted by molar-refractivity contribution is -0.122. The zero-order valence-corrected chi connectivity index (χ0v) is 17.0. The van der Waals surface area contributed by atoms with Crippen LogP contribution in [0.5, 0.6) is 5.75 Å². The maximum absolute atomic E-state index is 13.7. The molecule has 0 spiro atoms. The molecule has 2 amide bonds. The van der Waals surface area contributed by atoms with E-state index in [1.165, 1.54) is 4.90 Å². The normalized spacial score (nSPS) is 28.2. The van der Waals surface area contributed by atoms with E-state index in [9.17, 15) is 9.59 Å². The quantitative estimate of drug-likeness (QED) is 0.459. The van der Waals surface area contributed by atoms with E-state index in [0.29, 0.717) is 11.4 Å². The highest BCUT2D eigenvalue weighted by Gasteiger charge is 2.67. The highest BCUT2D eigenvalue weighted by atomic mass is 35.5. The van der Waals surface area contributed by atoms with E-state index >= 15 is 0 Å². The molecule has 0 N–H and O–H groups in total. The number of amides is 2. The van der Waals surface area contributed by atoms with Gasteiger partial charge in [-0.05, 0) is 34.4 Å². The van der Waals surface area contributed by atoms with Gasteiger partial charge in [0.15, 0.2) is 0 Å². The predicted octanol–water partition coefficient (Wildman–Crippen LogP) is 4.44. The van der Waals surface area contributed by atoms with Gasteiger partial charge in [0.25, 0.3) is 0 Å². The second kappa shape index (κ2) is 5.96. The molecule has 1 heterocycles. The first kappa shape index (κ1) is 17.7. The molecule has 30 heavy (non-hydrogen) atoms. The van der Waals surface area contributed by atoms with E-state index in [0.717, 1.165) is 22.3 Å². The van der Waals surface area contributed by atoms with Crippen molar-refractivity contribution in [1.82, 2.24) is 0 Å². The van der Waals surface area contributed by atoms with Gasteiger partial charge < -0.3 is 4.74 Å². The Bertz CT molecular complexity index is 1190. The minimum absolute atomic E-state index is 0.185. The van der Waals surface area contributed by atoms with Crippen molar-refractivity contribution in [2.45, 2.75) is 10.8 Å². The van der Waals surface area contributed by atoms with Crippen LogP contribution in [0.3, 0.4) is 0 Å². The molecule has 3 aromatic carbocycles. The molecule has 0 aromatic heterocycles. The van der Waals surface area contributed by atoms with Crippen LogP contribution in [0.25, 0.3) is 0 Å². The number of hydrogen-bond acceptors (Lipinski definition) is 3. The van der Waals surface area contributed by atoms with Gasteiger partial charge in [0.05, 0.1) is 24.6 Å². The van der Waals surface area contributed by atoms with Crippen molar-refractivity contribution < 1.29 is 14.3 Å². The first-order chi connectivity index (χ1) is 14.6. The summed E-state index contributed by atoms with van der Waals surface area (Å²) < 4.78 is 5.30. The summed E-state index contributed by atoms with van der Waals surface area (Å²) in [4.78, 5) is 27.7. The number of halogens is 1. The Morgan fingerprint density at radius 2 is 1.50 bits per heavy atom. The SMILES string of the molecule is COc1cccc(N2C(=O)C3C4c5ccccc5C(Cl)(c5ccccc54)C3C2=O)c1. The van der Waals surface area contributed by atoms with Crippen molar-refractivity contribution in [3.05, 3.63) is 95.1 Å². The minimum Gasteiger partial charge on any atom is -0.497 e. The summed E-state index contributed by atoms with van der Waals surface area (Å²) in [7, 11) is 1.56. The zero-order valence-electron chi connectivity index (χ0n) is 16.2. The van der Waals surface area contributed by atoms with Gasteiger partial charge in [0, 0.05) is 12.0 Å². The number of alkyl halides is 1. The number of ether oxygens (including phenoxy) is 1. The molecule has 3 aliphatic carbocycles. The Hall–Kier alpha value is -3.11. The molecule has 3 aromatic rings. The van der Waals surface area contributed by atoms with Crippen molar-refractivity contribution in [2.75, 3.05) is 12.0 Å². The second-order valence-electron chi connectivity index (χ2n) is 8.08. The average molecular weight is 416 g/mol. The number of carbonyl (C=O) groups is 2. The second-order valence-corrected chi connectivity index (χ2v) is 8.68. The molecular formula is C25H18ClNO3. The summed E-state index contributed by atoms with van der Waals surface area (Å²) in [6.45, 7) is 0. The van der Waals surface area contributed by atoms with Gasteiger partial charge in [0.1, 0.15) is 10.6 Å². The summed E-state index contributed by atoms with van der Waals surface area (Å²) in [5.41, 5.74) is 4.48. The third-order valence-electron chi connectivity index (χ3n) is 6.83. The Morgan fingerprint density at radius 3 is 2.13 bits per heavy atom. The van der Waals surface area contributed by atoms with Crippen molar-refractivity contribution >= 4 is 29.1 Å². The molecule has 2 unspecified atom stereocenters. The molecule has 148 valence electrons. The fourth-order valence-corrected chi connectivity index (χ4v) is 6.26. The van der Waals surface area contributed by atoms with Crippen LogP contribution < -0.4 is 9.64 Å². The number of methoxy groups -OCH3 is 1. The summed E-state index contributed by atoms with van der Waals surface area (Å²) in [5, 5.41) is 0. The van der Waals surface area contributed by atoms with Crippen molar-refractivity contribution in [1.29, 1.82) is 0 Å². The molecule has 2 atom stereocenters. The average Bonchev–Trinajstić information content (AvgIpc) is 3.06. The van der Waals surface area contributed by atoms with Crippen molar-refractivity contribution in [3.63, 3.8) is 0 Å². The lowest BCUT2D eigenvalue weighted by Gasteiger charge is -2.50.